The Balaban J connectivity index is 1.69. The van der Waals surface area contributed by atoms with E-state index in [1.165, 1.54) is 36.2 Å². The summed E-state index contributed by atoms with van der Waals surface area (Å²) in [6.45, 7) is 4.63. The number of anilines is 1. The summed E-state index contributed by atoms with van der Waals surface area (Å²) in [5.41, 5.74) is 1.70. The fraction of sp³-hybridized carbons (Fsp3) is 0.500. The van der Waals surface area contributed by atoms with E-state index in [-0.39, 0.29) is 5.82 Å². The van der Waals surface area contributed by atoms with Crippen molar-refractivity contribution >= 4 is 5.69 Å². The van der Waals surface area contributed by atoms with Crippen molar-refractivity contribution in [1.29, 1.82) is 0 Å². The summed E-state index contributed by atoms with van der Waals surface area (Å²) >= 11 is 0. The second kappa shape index (κ2) is 5.47. The van der Waals surface area contributed by atoms with Crippen LogP contribution in [0.5, 0.6) is 0 Å². The standard InChI is InChI=1S/C16H21FN4/c1-16(2)7-5-12(6-8-16)20-13-3-4-15(14(17)9-13)21-11-18-10-19-21/h3-4,9-12,20H,5-8H2,1-2H3. The molecule has 4 nitrogen and oxygen atoms in total. The number of rotatable bonds is 3. The minimum Gasteiger partial charge on any atom is -0.382 e. The predicted octanol–water partition coefficient (Wildman–Crippen LogP) is 3.79. The maximum Gasteiger partial charge on any atom is 0.150 e. The van der Waals surface area contributed by atoms with Gasteiger partial charge < -0.3 is 5.32 Å². The number of halogens is 1. The molecule has 0 aliphatic heterocycles. The molecule has 1 aromatic heterocycles. The molecule has 1 N–H and O–H groups in total. The van der Waals surface area contributed by atoms with Gasteiger partial charge in [0.25, 0.3) is 0 Å². The van der Waals surface area contributed by atoms with Crippen LogP contribution in [0.1, 0.15) is 39.5 Å². The van der Waals surface area contributed by atoms with Crippen molar-refractivity contribution in [2.24, 2.45) is 5.41 Å². The Morgan fingerprint density at radius 3 is 2.67 bits per heavy atom. The third-order valence-corrected chi connectivity index (χ3v) is 4.32. The fourth-order valence-electron chi connectivity index (χ4n) is 2.89. The second-order valence-corrected chi connectivity index (χ2v) is 6.59. The zero-order valence-corrected chi connectivity index (χ0v) is 12.5. The van der Waals surface area contributed by atoms with Gasteiger partial charge in [0.15, 0.2) is 5.82 Å². The highest BCUT2D eigenvalue weighted by molar-refractivity contribution is 5.50. The summed E-state index contributed by atoms with van der Waals surface area (Å²) in [5.74, 6) is -0.290. The number of hydrogen-bond donors (Lipinski definition) is 1. The molecular formula is C16H21FN4. The van der Waals surface area contributed by atoms with Crippen molar-refractivity contribution < 1.29 is 4.39 Å². The van der Waals surface area contributed by atoms with Crippen LogP contribution >= 0.6 is 0 Å². The molecule has 1 aromatic carbocycles. The number of benzene rings is 1. The van der Waals surface area contributed by atoms with Gasteiger partial charge in [-0.2, -0.15) is 5.10 Å². The van der Waals surface area contributed by atoms with Crippen LogP contribution in [-0.4, -0.2) is 20.8 Å². The topological polar surface area (TPSA) is 42.7 Å². The zero-order chi connectivity index (χ0) is 14.9. The molecule has 0 atom stereocenters. The van der Waals surface area contributed by atoms with Crippen LogP contribution in [0.25, 0.3) is 5.69 Å². The second-order valence-electron chi connectivity index (χ2n) is 6.59. The number of nitrogens with zero attached hydrogens (tertiary/aromatic N) is 3. The van der Waals surface area contributed by atoms with Gasteiger partial charge in [-0.1, -0.05) is 13.8 Å². The predicted molar refractivity (Wildman–Crippen MR) is 81.0 cm³/mol. The van der Waals surface area contributed by atoms with Crippen LogP contribution in [0.3, 0.4) is 0 Å². The number of aromatic nitrogens is 3. The van der Waals surface area contributed by atoms with Crippen LogP contribution < -0.4 is 5.32 Å². The van der Waals surface area contributed by atoms with E-state index in [4.69, 9.17) is 0 Å². The molecule has 1 fully saturated rings. The Morgan fingerprint density at radius 1 is 1.29 bits per heavy atom. The molecule has 0 saturated heterocycles. The average Bonchev–Trinajstić information content (AvgIpc) is 2.95. The molecule has 3 rings (SSSR count). The molecular weight excluding hydrogens is 267 g/mol. The Kier molecular flexibility index (Phi) is 3.66. The van der Waals surface area contributed by atoms with Crippen LogP contribution in [0.4, 0.5) is 10.1 Å². The average molecular weight is 288 g/mol. The first-order chi connectivity index (χ1) is 10.0. The molecule has 1 saturated carbocycles. The molecule has 0 spiro atoms. The molecule has 1 aliphatic carbocycles. The molecule has 0 unspecified atom stereocenters. The summed E-state index contributed by atoms with van der Waals surface area (Å²) in [4.78, 5) is 3.84. The van der Waals surface area contributed by atoms with E-state index in [1.807, 2.05) is 6.07 Å². The maximum atomic E-state index is 14.2. The van der Waals surface area contributed by atoms with Crippen molar-refractivity contribution in [2.45, 2.75) is 45.6 Å². The van der Waals surface area contributed by atoms with Crippen LogP contribution in [0.2, 0.25) is 0 Å². The number of hydrogen-bond acceptors (Lipinski definition) is 3. The van der Waals surface area contributed by atoms with Gasteiger partial charge in [0, 0.05) is 11.7 Å². The monoisotopic (exact) mass is 288 g/mol. The van der Waals surface area contributed by atoms with E-state index in [2.05, 4.69) is 29.2 Å². The molecule has 2 aromatic rings. The van der Waals surface area contributed by atoms with Crippen LogP contribution in [0, 0.1) is 11.2 Å². The van der Waals surface area contributed by atoms with Crippen molar-refractivity contribution in [2.75, 3.05) is 5.32 Å². The molecule has 0 radical (unpaired) electrons. The van der Waals surface area contributed by atoms with Gasteiger partial charge in [-0.15, -0.1) is 0 Å². The van der Waals surface area contributed by atoms with Gasteiger partial charge in [-0.25, -0.2) is 14.1 Å². The van der Waals surface area contributed by atoms with E-state index >= 15 is 0 Å². The minimum atomic E-state index is -0.290. The first kappa shape index (κ1) is 14.0. The summed E-state index contributed by atoms with van der Waals surface area (Å²) in [6, 6.07) is 5.62. The van der Waals surface area contributed by atoms with Gasteiger partial charge in [0.05, 0.1) is 0 Å². The summed E-state index contributed by atoms with van der Waals surface area (Å²) in [7, 11) is 0. The Bertz CT molecular complexity index is 597. The molecule has 21 heavy (non-hydrogen) atoms. The Labute approximate surface area is 124 Å². The van der Waals surface area contributed by atoms with Crippen molar-refractivity contribution in [1.82, 2.24) is 14.8 Å². The first-order valence-electron chi connectivity index (χ1n) is 7.45. The van der Waals surface area contributed by atoms with E-state index in [9.17, 15) is 4.39 Å². The first-order valence-corrected chi connectivity index (χ1v) is 7.45. The van der Waals surface area contributed by atoms with Crippen LogP contribution in [-0.2, 0) is 0 Å². The van der Waals surface area contributed by atoms with Gasteiger partial charge in [-0.05, 0) is 49.3 Å². The number of nitrogens with one attached hydrogen (secondary N) is 1. The van der Waals surface area contributed by atoms with E-state index < -0.39 is 0 Å². The van der Waals surface area contributed by atoms with Crippen molar-refractivity contribution in [3.05, 3.63) is 36.7 Å². The van der Waals surface area contributed by atoms with Gasteiger partial charge >= 0.3 is 0 Å². The zero-order valence-electron chi connectivity index (χ0n) is 12.5. The van der Waals surface area contributed by atoms with Crippen molar-refractivity contribution in [3.8, 4) is 5.69 Å². The molecule has 5 heteroatoms. The van der Waals surface area contributed by atoms with E-state index in [1.54, 1.807) is 6.07 Å². The third kappa shape index (κ3) is 3.23. The van der Waals surface area contributed by atoms with Gasteiger partial charge in [0.1, 0.15) is 18.3 Å². The minimum absolute atomic E-state index is 0.290. The van der Waals surface area contributed by atoms with Gasteiger partial charge in [-0.3, -0.25) is 0 Å². The normalized spacial score (nSPS) is 18.6. The largest absolute Gasteiger partial charge is 0.382 e. The highest BCUT2D eigenvalue weighted by Crippen LogP contribution is 2.36. The lowest BCUT2D eigenvalue weighted by molar-refractivity contribution is 0.232. The molecule has 1 aliphatic rings. The molecule has 112 valence electrons. The van der Waals surface area contributed by atoms with Crippen molar-refractivity contribution in [3.63, 3.8) is 0 Å². The summed E-state index contributed by atoms with van der Waals surface area (Å²) < 4.78 is 15.6. The molecule has 0 bridgehead atoms. The smallest absolute Gasteiger partial charge is 0.150 e. The van der Waals surface area contributed by atoms with Gasteiger partial charge in [0.2, 0.25) is 0 Å². The Morgan fingerprint density at radius 2 is 2.05 bits per heavy atom. The SMILES string of the molecule is CC1(C)CCC(Nc2ccc(-n3cncn3)c(F)c2)CC1. The third-order valence-electron chi connectivity index (χ3n) is 4.32. The lowest BCUT2D eigenvalue weighted by Crippen LogP contribution is -2.29. The lowest BCUT2D eigenvalue weighted by Gasteiger charge is -2.35. The lowest BCUT2D eigenvalue weighted by atomic mass is 9.75. The molecule has 0 amide bonds. The summed E-state index contributed by atoms with van der Waals surface area (Å²) in [6.07, 6.45) is 7.59. The molecule has 1 heterocycles. The van der Waals surface area contributed by atoms with E-state index in [0.717, 1.165) is 18.5 Å². The highest BCUT2D eigenvalue weighted by Gasteiger charge is 2.26. The van der Waals surface area contributed by atoms with Crippen LogP contribution in [0.15, 0.2) is 30.9 Å². The van der Waals surface area contributed by atoms with E-state index in [0.29, 0.717) is 17.1 Å². The maximum absolute atomic E-state index is 14.2. The summed E-state index contributed by atoms with van der Waals surface area (Å²) in [5, 5.41) is 7.40. The highest BCUT2D eigenvalue weighted by atomic mass is 19.1. The Hall–Kier alpha value is -1.91. The quantitative estimate of drug-likeness (QED) is 0.934. The fourth-order valence-corrected chi connectivity index (χ4v) is 2.89.